The maximum absolute atomic E-state index is 14.5. The van der Waals surface area contributed by atoms with Crippen LogP contribution in [-0.2, 0) is 0 Å². The largest absolute Gasteiger partial charge is 0.573 e. The highest BCUT2D eigenvalue weighted by molar-refractivity contribution is 5.85. The molecule has 4 unspecified atom stereocenters. The Bertz CT molecular complexity index is 860. The minimum absolute atomic E-state index is 0.171. The lowest BCUT2D eigenvalue weighted by atomic mass is 9.63. The van der Waals surface area contributed by atoms with Crippen LogP contribution in [0.15, 0.2) is 30.3 Å². The molecular weight excluding hydrogens is 380 g/mol. The molecule has 1 nitrogen and oxygen atoms in total. The predicted molar refractivity (Wildman–Crippen MR) is 106 cm³/mol. The van der Waals surface area contributed by atoms with Gasteiger partial charge in [-0.3, -0.25) is 0 Å². The van der Waals surface area contributed by atoms with Gasteiger partial charge in [0.1, 0.15) is 0 Å². The van der Waals surface area contributed by atoms with Crippen LogP contribution in [0.1, 0.15) is 69.8 Å². The number of fused-ring (bicyclic) bond motifs is 2. The summed E-state index contributed by atoms with van der Waals surface area (Å²) in [6.45, 7) is 2.27. The van der Waals surface area contributed by atoms with Gasteiger partial charge < -0.3 is 4.74 Å². The first-order valence-electron chi connectivity index (χ1n) is 10.8. The quantitative estimate of drug-likeness (QED) is 0.466. The molecule has 2 aliphatic rings. The summed E-state index contributed by atoms with van der Waals surface area (Å²) >= 11 is 0. The third-order valence-electron chi connectivity index (χ3n) is 7.06. The zero-order chi connectivity index (χ0) is 20.6. The molecule has 0 saturated heterocycles. The maximum Gasteiger partial charge on any atom is 0.573 e. The van der Waals surface area contributed by atoms with Crippen molar-refractivity contribution in [1.29, 1.82) is 0 Å². The monoisotopic (exact) mass is 408 g/mol. The molecule has 0 amide bonds. The lowest BCUT2D eigenvalue weighted by Gasteiger charge is -2.42. The van der Waals surface area contributed by atoms with Crippen LogP contribution in [0.3, 0.4) is 0 Å². The molecule has 29 heavy (non-hydrogen) atoms. The molecule has 2 aromatic carbocycles. The molecule has 0 radical (unpaired) electrons. The number of benzene rings is 2. The number of hydrogen-bond donors (Lipinski definition) is 0. The van der Waals surface area contributed by atoms with Crippen LogP contribution < -0.4 is 4.74 Å². The first-order valence-corrected chi connectivity index (χ1v) is 10.8. The molecule has 2 aromatic rings. The zero-order valence-corrected chi connectivity index (χ0v) is 16.8. The Morgan fingerprint density at radius 3 is 2.48 bits per heavy atom. The molecule has 2 saturated carbocycles. The van der Waals surface area contributed by atoms with E-state index < -0.39 is 17.9 Å². The van der Waals surface area contributed by atoms with Crippen molar-refractivity contribution < 1.29 is 22.3 Å². The maximum atomic E-state index is 14.5. The second-order valence-corrected chi connectivity index (χ2v) is 8.90. The zero-order valence-electron chi connectivity index (χ0n) is 16.8. The van der Waals surface area contributed by atoms with Crippen LogP contribution in [-0.4, -0.2) is 6.36 Å². The summed E-state index contributed by atoms with van der Waals surface area (Å²) in [4.78, 5) is 0. The van der Waals surface area contributed by atoms with Gasteiger partial charge in [0.2, 0.25) is 0 Å². The van der Waals surface area contributed by atoms with Gasteiger partial charge >= 0.3 is 6.36 Å². The molecule has 0 aromatic heterocycles. The molecule has 158 valence electrons. The Balaban J connectivity index is 1.50. The fourth-order valence-electron chi connectivity index (χ4n) is 5.71. The van der Waals surface area contributed by atoms with E-state index in [1.54, 1.807) is 6.07 Å². The number of rotatable bonds is 4. The minimum Gasteiger partial charge on any atom is -0.403 e. The number of halogens is 4. The highest BCUT2D eigenvalue weighted by Crippen LogP contribution is 2.48. The molecule has 5 heteroatoms. The van der Waals surface area contributed by atoms with Crippen molar-refractivity contribution >= 4 is 10.8 Å². The summed E-state index contributed by atoms with van der Waals surface area (Å²) in [5.41, 5.74) is 1.18. The summed E-state index contributed by atoms with van der Waals surface area (Å²) in [6.07, 6.45) is 5.31. The average molecular weight is 408 g/mol. The third kappa shape index (κ3) is 4.54. The summed E-state index contributed by atoms with van der Waals surface area (Å²) in [5.74, 6) is 1.24. The van der Waals surface area contributed by atoms with Gasteiger partial charge in [0, 0.05) is 5.39 Å². The van der Waals surface area contributed by atoms with Gasteiger partial charge in [-0.1, -0.05) is 50.5 Å². The van der Waals surface area contributed by atoms with Gasteiger partial charge in [-0.15, -0.1) is 13.2 Å². The van der Waals surface area contributed by atoms with Crippen LogP contribution >= 0.6 is 0 Å². The van der Waals surface area contributed by atoms with Crippen molar-refractivity contribution in [3.8, 4) is 5.75 Å². The summed E-state index contributed by atoms with van der Waals surface area (Å²) < 4.78 is 55.6. The molecule has 4 atom stereocenters. The highest BCUT2D eigenvalue weighted by Gasteiger charge is 2.36. The SMILES string of the molecule is CCCC1CCC2CC(c3ccc4c(F)c(OC(F)(F)F)ccc4c3)CCC2C1. The van der Waals surface area contributed by atoms with Gasteiger partial charge in [0.05, 0.1) is 0 Å². The van der Waals surface area contributed by atoms with Crippen molar-refractivity contribution in [3.63, 3.8) is 0 Å². The molecule has 4 rings (SSSR count). The van der Waals surface area contributed by atoms with E-state index in [0.29, 0.717) is 11.3 Å². The summed E-state index contributed by atoms with van der Waals surface area (Å²) in [7, 11) is 0. The fourth-order valence-corrected chi connectivity index (χ4v) is 5.71. The Labute approximate surface area is 169 Å². The van der Waals surface area contributed by atoms with Crippen molar-refractivity contribution in [2.24, 2.45) is 17.8 Å². The fraction of sp³-hybridized carbons (Fsp3) is 0.583. The topological polar surface area (TPSA) is 9.23 Å². The second-order valence-electron chi connectivity index (χ2n) is 8.90. The molecule has 2 fully saturated rings. The summed E-state index contributed by atoms with van der Waals surface area (Å²) in [5, 5.41) is 0.799. The van der Waals surface area contributed by atoms with E-state index in [4.69, 9.17) is 0 Å². The van der Waals surface area contributed by atoms with Gasteiger partial charge in [-0.25, -0.2) is 4.39 Å². The van der Waals surface area contributed by atoms with Gasteiger partial charge in [-0.05, 0) is 72.8 Å². The van der Waals surface area contributed by atoms with E-state index in [1.807, 2.05) is 12.1 Å². The van der Waals surface area contributed by atoms with E-state index in [0.717, 1.165) is 30.2 Å². The van der Waals surface area contributed by atoms with Crippen molar-refractivity contribution in [2.75, 3.05) is 0 Å². The smallest absolute Gasteiger partial charge is 0.403 e. The van der Waals surface area contributed by atoms with Crippen LogP contribution in [0.25, 0.3) is 10.8 Å². The molecule has 2 aliphatic carbocycles. The van der Waals surface area contributed by atoms with E-state index >= 15 is 0 Å². The van der Waals surface area contributed by atoms with Crippen molar-refractivity contribution in [2.45, 2.75) is 70.6 Å². The standard InChI is InChI=1S/C24H28F4O/c1-2-3-15-4-5-17-13-18(7-6-16(17)12-15)19-8-10-21-20(14-19)9-11-22(23(21)25)29-24(26,27)28/h8-11,14-18H,2-7,12-13H2,1H3. The lowest BCUT2D eigenvalue weighted by molar-refractivity contribution is -0.275. The van der Waals surface area contributed by atoms with Crippen LogP contribution in [0.2, 0.25) is 0 Å². The first kappa shape index (κ1) is 20.5. The second kappa shape index (κ2) is 8.16. The Kier molecular flexibility index (Phi) is 5.76. The lowest BCUT2D eigenvalue weighted by Crippen LogP contribution is -2.30. The number of hydrogen-bond acceptors (Lipinski definition) is 1. The average Bonchev–Trinajstić information content (AvgIpc) is 2.69. The number of ether oxygens (including phenoxy) is 1. The Morgan fingerprint density at radius 1 is 0.966 bits per heavy atom. The van der Waals surface area contributed by atoms with Crippen LogP contribution in [0.5, 0.6) is 5.75 Å². The van der Waals surface area contributed by atoms with Gasteiger partial charge in [0.15, 0.2) is 11.6 Å². The first-order chi connectivity index (χ1) is 13.8. The van der Waals surface area contributed by atoms with Crippen LogP contribution in [0, 0.1) is 23.6 Å². The normalized spacial score (nSPS) is 27.6. The molecule has 0 bridgehead atoms. The summed E-state index contributed by atoms with van der Waals surface area (Å²) in [6, 6.07) is 8.03. The van der Waals surface area contributed by atoms with Gasteiger partial charge in [0.25, 0.3) is 0 Å². The van der Waals surface area contributed by atoms with E-state index in [-0.39, 0.29) is 5.39 Å². The molecular formula is C24H28F4O. The third-order valence-corrected chi connectivity index (χ3v) is 7.06. The minimum atomic E-state index is -4.90. The molecule has 0 heterocycles. The predicted octanol–water partition coefficient (Wildman–Crippen LogP) is 7.98. The Morgan fingerprint density at radius 2 is 1.72 bits per heavy atom. The van der Waals surface area contributed by atoms with Crippen molar-refractivity contribution in [1.82, 2.24) is 0 Å². The van der Waals surface area contributed by atoms with E-state index in [2.05, 4.69) is 11.7 Å². The van der Waals surface area contributed by atoms with Crippen molar-refractivity contribution in [3.05, 3.63) is 41.7 Å². The molecule has 0 aliphatic heterocycles. The molecule has 0 spiro atoms. The van der Waals surface area contributed by atoms with E-state index in [1.165, 1.54) is 56.6 Å². The van der Waals surface area contributed by atoms with Crippen LogP contribution in [0.4, 0.5) is 17.6 Å². The van der Waals surface area contributed by atoms with E-state index in [9.17, 15) is 17.6 Å². The molecule has 0 N–H and O–H groups in total. The number of alkyl halides is 3. The van der Waals surface area contributed by atoms with Gasteiger partial charge in [-0.2, -0.15) is 0 Å². The highest BCUT2D eigenvalue weighted by atomic mass is 19.4. The Hall–Kier alpha value is -1.78.